The number of hydrogen-bond donors (Lipinski definition) is 2. The third-order valence-corrected chi connectivity index (χ3v) is 3.67. The number of amides is 2. The third-order valence-electron chi connectivity index (χ3n) is 3.67. The fraction of sp³-hybridized carbons (Fsp3) is 0.867. The van der Waals surface area contributed by atoms with Crippen molar-refractivity contribution in [1.82, 2.24) is 10.2 Å². The highest BCUT2D eigenvalue weighted by molar-refractivity contribution is 5.76. The molecule has 0 aromatic rings. The summed E-state index contributed by atoms with van der Waals surface area (Å²) in [4.78, 5) is 24.9. The largest absolute Gasteiger partial charge is 0.481 e. The van der Waals surface area contributed by atoms with Gasteiger partial charge in [-0.15, -0.1) is 0 Å². The Morgan fingerprint density at radius 1 is 1.33 bits per heavy atom. The minimum atomic E-state index is -0.890. The first kappa shape index (κ1) is 17.8. The molecule has 1 unspecified atom stereocenters. The Labute approximate surface area is 126 Å². The molecule has 1 aliphatic rings. The highest BCUT2D eigenvalue weighted by Crippen LogP contribution is 2.22. The monoisotopic (exact) mass is 300 g/mol. The van der Waals surface area contributed by atoms with Crippen molar-refractivity contribution < 1.29 is 19.4 Å². The molecule has 1 aliphatic heterocycles. The molecule has 0 aromatic heterocycles. The van der Waals surface area contributed by atoms with Gasteiger partial charge >= 0.3 is 12.0 Å². The van der Waals surface area contributed by atoms with Crippen LogP contribution in [0.4, 0.5) is 4.79 Å². The van der Waals surface area contributed by atoms with Gasteiger partial charge in [-0.1, -0.05) is 20.8 Å². The summed E-state index contributed by atoms with van der Waals surface area (Å²) in [6.45, 7) is 7.45. The van der Waals surface area contributed by atoms with Crippen LogP contribution < -0.4 is 5.32 Å². The molecule has 1 fully saturated rings. The lowest BCUT2D eigenvalue weighted by Crippen LogP contribution is -2.50. The molecular weight excluding hydrogens is 272 g/mol. The molecule has 1 saturated heterocycles. The van der Waals surface area contributed by atoms with Gasteiger partial charge in [-0.25, -0.2) is 4.79 Å². The van der Waals surface area contributed by atoms with Crippen molar-refractivity contribution in [2.24, 2.45) is 5.41 Å². The van der Waals surface area contributed by atoms with Crippen molar-refractivity contribution in [3.05, 3.63) is 0 Å². The summed E-state index contributed by atoms with van der Waals surface area (Å²) in [5, 5.41) is 11.9. The lowest BCUT2D eigenvalue weighted by Gasteiger charge is -2.33. The maximum absolute atomic E-state index is 12.3. The van der Waals surface area contributed by atoms with Crippen molar-refractivity contribution in [1.29, 1.82) is 0 Å². The van der Waals surface area contributed by atoms with E-state index in [2.05, 4.69) is 5.32 Å². The normalized spacial score (nSPS) is 18.1. The number of carboxylic acid groups (broad SMARTS) is 1. The molecule has 0 saturated carbocycles. The molecule has 21 heavy (non-hydrogen) atoms. The van der Waals surface area contributed by atoms with Crippen LogP contribution in [0.3, 0.4) is 0 Å². The average Bonchev–Trinajstić information content (AvgIpc) is 2.36. The van der Waals surface area contributed by atoms with Crippen LogP contribution in [0.25, 0.3) is 0 Å². The molecule has 2 amide bonds. The Morgan fingerprint density at radius 2 is 1.90 bits per heavy atom. The third kappa shape index (κ3) is 6.80. The topological polar surface area (TPSA) is 78.9 Å². The van der Waals surface area contributed by atoms with Crippen LogP contribution in [0, 0.1) is 5.41 Å². The molecule has 0 spiro atoms. The van der Waals surface area contributed by atoms with E-state index < -0.39 is 5.97 Å². The van der Waals surface area contributed by atoms with E-state index >= 15 is 0 Å². The van der Waals surface area contributed by atoms with E-state index in [1.165, 1.54) is 0 Å². The molecular formula is C15H28N2O4. The first-order chi connectivity index (χ1) is 9.69. The highest BCUT2D eigenvalue weighted by Gasteiger charge is 2.27. The number of nitrogens with one attached hydrogen (secondary N) is 1. The fourth-order valence-electron chi connectivity index (χ4n) is 2.64. The molecule has 2 N–H and O–H groups in total. The molecule has 0 radical (unpaired) electrons. The molecule has 1 heterocycles. The zero-order valence-electron chi connectivity index (χ0n) is 13.5. The smallest absolute Gasteiger partial charge is 0.317 e. The van der Waals surface area contributed by atoms with E-state index in [4.69, 9.17) is 9.84 Å². The Bertz CT molecular complexity index is 359. The Balaban J connectivity index is 2.59. The summed E-state index contributed by atoms with van der Waals surface area (Å²) >= 11 is 0. The number of nitrogens with zero attached hydrogens (tertiary/aromatic N) is 1. The minimum absolute atomic E-state index is 0.0371. The van der Waals surface area contributed by atoms with Crippen molar-refractivity contribution in [3.8, 4) is 0 Å². The summed E-state index contributed by atoms with van der Waals surface area (Å²) in [6.07, 6.45) is 2.23. The van der Waals surface area contributed by atoms with E-state index in [0.29, 0.717) is 19.6 Å². The Morgan fingerprint density at radius 3 is 2.38 bits per heavy atom. The van der Waals surface area contributed by atoms with Gasteiger partial charge in [-0.3, -0.25) is 4.79 Å². The van der Waals surface area contributed by atoms with Crippen LogP contribution in [0.15, 0.2) is 0 Å². The zero-order valence-corrected chi connectivity index (χ0v) is 13.5. The van der Waals surface area contributed by atoms with Crippen LogP contribution in [0.5, 0.6) is 0 Å². The van der Waals surface area contributed by atoms with Gasteiger partial charge in [-0.2, -0.15) is 0 Å². The van der Waals surface area contributed by atoms with Crippen LogP contribution >= 0.6 is 0 Å². The lowest BCUT2D eigenvalue weighted by molar-refractivity contribution is -0.137. The number of carboxylic acids is 1. The van der Waals surface area contributed by atoms with E-state index in [0.717, 1.165) is 12.8 Å². The second-order valence-corrected chi connectivity index (χ2v) is 6.96. The standard InChI is InChI=1S/C15H28N2O4/c1-15(2,3)10-11(9-13(18)19)16-14(20)17(4)12-5-7-21-8-6-12/h11-12H,5-10H2,1-4H3,(H,16,20)(H,18,19). The number of carbonyl (C=O) groups excluding carboxylic acids is 1. The summed E-state index contributed by atoms with van der Waals surface area (Å²) < 4.78 is 5.29. The van der Waals surface area contributed by atoms with E-state index in [-0.39, 0.29) is 30.0 Å². The maximum Gasteiger partial charge on any atom is 0.317 e. The van der Waals surface area contributed by atoms with Crippen molar-refractivity contribution in [2.45, 2.75) is 58.5 Å². The van der Waals surface area contributed by atoms with Gasteiger partial charge in [0, 0.05) is 32.3 Å². The predicted molar refractivity (Wildman–Crippen MR) is 80.2 cm³/mol. The highest BCUT2D eigenvalue weighted by atomic mass is 16.5. The molecule has 6 nitrogen and oxygen atoms in total. The van der Waals surface area contributed by atoms with Gasteiger partial charge in [0.1, 0.15) is 0 Å². The van der Waals surface area contributed by atoms with Crippen LogP contribution in [0.2, 0.25) is 0 Å². The second kappa shape index (κ2) is 7.64. The number of urea groups is 1. The van der Waals surface area contributed by atoms with E-state index in [9.17, 15) is 9.59 Å². The van der Waals surface area contributed by atoms with E-state index in [1.807, 2.05) is 20.8 Å². The Hall–Kier alpha value is -1.30. The van der Waals surface area contributed by atoms with Crippen molar-refractivity contribution >= 4 is 12.0 Å². The molecule has 0 bridgehead atoms. The summed E-state index contributed by atoms with van der Waals surface area (Å²) in [5.41, 5.74) is -0.0371. The predicted octanol–water partition coefficient (Wildman–Crippen LogP) is 2.09. The number of aliphatic carboxylic acids is 1. The van der Waals surface area contributed by atoms with Crippen molar-refractivity contribution in [2.75, 3.05) is 20.3 Å². The van der Waals surface area contributed by atoms with Crippen molar-refractivity contribution in [3.63, 3.8) is 0 Å². The zero-order chi connectivity index (χ0) is 16.0. The molecule has 1 atom stereocenters. The summed E-state index contributed by atoms with van der Waals surface area (Å²) in [5.74, 6) is -0.890. The lowest BCUT2D eigenvalue weighted by atomic mass is 9.87. The molecule has 122 valence electrons. The number of ether oxygens (including phenoxy) is 1. The minimum Gasteiger partial charge on any atom is -0.481 e. The molecule has 0 aliphatic carbocycles. The van der Waals surface area contributed by atoms with Gasteiger partial charge < -0.3 is 20.1 Å². The molecule has 6 heteroatoms. The van der Waals surface area contributed by atoms with Crippen LogP contribution in [0.1, 0.15) is 46.5 Å². The SMILES string of the molecule is CN(C(=O)NC(CC(=O)O)CC(C)(C)C)C1CCOCC1. The maximum atomic E-state index is 12.3. The van der Waals surface area contributed by atoms with Gasteiger partial charge in [0.2, 0.25) is 0 Å². The van der Waals surface area contributed by atoms with Crippen LogP contribution in [-0.2, 0) is 9.53 Å². The molecule has 0 aromatic carbocycles. The average molecular weight is 300 g/mol. The number of carbonyl (C=O) groups is 2. The number of hydrogen-bond acceptors (Lipinski definition) is 3. The molecule has 1 rings (SSSR count). The van der Waals surface area contributed by atoms with Gasteiger partial charge in [0.15, 0.2) is 0 Å². The van der Waals surface area contributed by atoms with Gasteiger partial charge in [-0.05, 0) is 24.7 Å². The first-order valence-electron chi connectivity index (χ1n) is 7.52. The van der Waals surface area contributed by atoms with Gasteiger partial charge in [0.05, 0.1) is 6.42 Å². The van der Waals surface area contributed by atoms with Crippen LogP contribution in [-0.4, -0.2) is 54.4 Å². The fourth-order valence-corrected chi connectivity index (χ4v) is 2.64. The summed E-state index contributed by atoms with van der Waals surface area (Å²) in [7, 11) is 1.76. The Kier molecular flexibility index (Phi) is 6.45. The summed E-state index contributed by atoms with van der Waals surface area (Å²) in [6, 6.07) is -0.381. The quantitative estimate of drug-likeness (QED) is 0.815. The van der Waals surface area contributed by atoms with Gasteiger partial charge in [0.25, 0.3) is 0 Å². The second-order valence-electron chi connectivity index (χ2n) is 6.96. The first-order valence-corrected chi connectivity index (χ1v) is 7.52. The number of rotatable bonds is 5. The van der Waals surface area contributed by atoms with E-state index in [1.54, 1.807) is 11.9 Å².